The fourth-order valence-corrected chi connectivity index (χ4v) is 5.48. The van der Waals surface area contributed by atoms with E-state index in [2.05, 4.69) is 5.32 Å². The molecule has 3 aromatic rings. The molecule has 7 heteroatoms. The maximum absolute atomic E-state index is 12.8. The van der Waals surface area contributed by atoms with Crippen LogP contribution in [0.2, 0.25) is 0 Å². The molecule has 6 nitrogen and oxygen atoms in total. The highest BCUT2D eigenvalue weighted by Gasteiger charge is 2.25. The summed E-state index contributed by atoms with van der Waals surface area (Å²) >= 11 is 0. The lowest BCUT2D eigenvalue weighted by molar-refractivity contribution is -0.123. The van der Waals surface area contributed by atoms with E-state index in [0.29, 0.717) is 18.8 Å². The van der Waals surface area contributed by atoms with Crippen molar-refractivity contribution in [2.24, 2.45) is 0 Å². The average Bonchev–Trinajstić information content (AvgIpc) is 2.88. The number of sulfonamides is 1. The fourth-order valence-electron chi connectivity index (χ4n) is 3.96. The van der Waals surface area contributed by atoms with Gasteiger partial charge in [0.25, 0.3) is 5.91 Å². The number of nitrogens with one attached hydrogen (secondary N) is 1. The van der Waals surface area contributed by atoms with Crippen LogP contribution in [0.4, 0.5) is 0 Å². The quantitative estimate of drug-likeness (QED) is 0.544. The topological polar surface area (TPSA) is 75.7 Å². The van der Waals surface area contributed by atoms with Crippen molar-refractivity contribution < 1.29 is 17.9 Å². The largest absolute Gasteiger partial charge is 0.484 e. The van der Waals surface area contributed by atoms with Gasteiger partial charge in [-0.3, -0.25) is 4.79 Å². The lowest BCUT2D eigenvalue weighted by atomic mass is 9.99. The van der Waals surface area contributed by atoms with Crippen LogP contribution in [-0.2, 0) is 14.8 Å². The van der Waals surface area contributed by atoms with Crippen LogP contribution in [0.25, 0.3) is 0 Å². The predicted molar refractivity (Wildman–Crippen MR) is 127 cm³/mol. The molecule has 33 heavy (non-hydrogen) atoms. The molecule has 0 saturated carbocycles. The summed E-state index contributed by atoms with van der Waals surface area (Å²) in [7, 11) is -3.49. The third-order valence-electron chi connectivity index (χ3n) is 5.72. The molecule has 172 valence electrons. The van der Waals surface area contributed by atoms with E-state index in [1.807, 2.05) is 60.7 Å². The number of nitrogens with zero attached hydrogens (tertiary/aromatic N) is 1. The molecule has 1 aliphatic rings. The smallest absolute Gasteiger partial charge is 0.258 e. The molecule has 0 aromatic heterocycles. The molecule has 0 radical (unpaired) electrons. The van der Waals surface area contributed by atoms with Crippen molar-refractivity contribution in [1.29, 1.82) is 0 Å². The molecule has 0 unspecified atom stereocenters. The number of ether oxygens (including phenoxy) is 1. The van der Waals surface area contributed by atoms with Crippen molar-refractivity contribution in [3.8, 4) is 5.75 Å². The SMILES string of the molecule is O=C(COc1ccc(S(=O)(=O)N2CCCCC2)cc1)NC(c1ccccc1)c1ccccc1. The number of hydrogen-bond donors (Lipinski definition) is 1. The first-order valence-corrected chi connectivity index (χ1v) is 12.6. The highest BCUT2D eigenvalue weighted by Crippen LogP contribution is 2.24. The summed E-state index contributed by atoms with van der Waals surface area (Å²) < 4.78 is 32.7. The standard InChI is InChI=1S/C26H28N2O4S/c29-25(27-26(21-10-4-1-5-11-21)22-12-6-2-7-13-22)20-32-23-14-16-24(17-15-23)33(30,31)28-18-8-3-9-19-28/h1-2,4-7,10-17,26H,3,8-9,18-20H2,(H,27,29). The van der Waals surface area contributed by atoms with Gasteiger partial charge >= 0.3 is 0 Å². The van der Waals surface area contributed by atoms with E-state index in [-0.39, 0.29) is 23.5 Å². The number of amides is 1. The highest BCUT2D eigenvalue weighted by molar-refractivity contribution is 7.89. The molecular weight excluding hydrogens is 436 g/mol. The lowest BCUT2D eigenvalue weighted by Gasteiger charge is -2.25. The first-order valence-electron chi connectivity index (χ1n) is 11.2. The minimum atomic E-state index is -3.49. The van der Waals surface area contributed by atoms with E-state index in [1.54, 1.807) is 12.1 Å². The van der Waals surface area contributed by atoms with Crippen LogP contribution in [0, 0.1) is 0 Å². The monoisotopic (exact) mass is 464 g/mol. The van der Waals surface area contributed by atoms with Gasteiger partial charge in [0, 0.05) is 13.1 Å². The van der Waals surface area contributed by atoms with E-state index >= 15 is 0 Å². The zero-order chi connectivity index (χ0) is 23.1. The number of hydrogen-bond acceptors (Lipinski definition) is 4. The van der Waals surface area contributed by atoms with Gasteiger partial charge in [0.05, 0.1) is 10.9 Å². The molecule has 3 aromatic carbocycles. The molecule has 0 aliphatic carbocycles. The van der Waals surface area contributed by atoms with Gasteiger partial charge in [-0.25, -0.2) is 8.42 Å². The molecule has 1 saturated heterocycles. The number of rotatable bonds is 8. The zero-order valence-corrected chi connectivity index (χ0v) is 19.2. The summed E-state index contributed by atoms with van der Waals surface area (Å²) in [5.74, 6) is 0.177. The first kappa shape index (κ1) is 23.0. The van der Waals surface area contributed by atoms with Crippen LogP contribution in [0.3, 0.4) is 0 Å². The molecule has 0 atom stereocenters. The summed E-state index contributed by atoms with van der Waals surface area (Å²) in [6.07, 6.45) is 2.85. The number of carbonyl (C=O) groups is 1. The van der Waals surface area contributed by atoms with Crippen molar-refractivity contribution in [3.63, 3.8) is 0 Å². The molecule has 1 amide bonds. The normalized spacial score (nSPS) is 14.7. The Balaban J connectivity index is 1.39. The van der Waals surface area contributed by atoms with Crippen LogP contribution >= 0.6 is 0 Å². The molecule has 0 bridgehead atoms. The number of carbonyl (C=O) groups excluding carboxylic acids is 1. The molecule has 1 heterocycles. The maximum Gasteiger partial charge on any atom is 0.258 e. The van der Waals surface area contributed by atoms with Gasteiger partial charge in [-0.15, -0.1) is 0 Å². The Bertz CT molecular complexity index is 1100. The molecule has 1 aliphatic heterocycles. The predicted octanol–water partition coefficient (Wildman–Crippen LogP) is 4.15. The second kappa shape index (κ2) is 10.6. The van der Waals surface area contributed by atoms with Gasteiger partial charge in [-0.2, -0.15) is 4.31 Å². The van der Waals surface area contributed by atoms with E-state index in [0.717, 1.165) is 30.4 Å². The van der Waals surface area contributed by atoms with Gasteiger partial charge < -0.3 is 10.1 Å². The zero-order valence-electron chi connectivity index (χ0n) is 18.4. The lowest BCUT2D eigenvalue weighted by Crippen LogP contribution is -2.35. The number of benzene rings is 3. The Kier molecular flexibility index (Phi) is 7.42. The number of piperidine rings is 1. The Morgan fingerprint density at radius 3 is 1.91 bits per heavy atom. The Hall–Kier alpha value is -3.16. The second-order valence-electron chi connectivity index (χ2n) is 8.05. The van der Waals surface area contributed by atoms with E-state index in [1.165, 1.54) is 16.4 Å². The van der Waals surface area contributed by atoms with Crippen LogP contribution in [0.5, 0.6) is 5.75 Å². The fraction of sp³-hybridized carbons (Fsp3) is 0.269. The first-order chi connectivity index (χ1) is 16.0. The van der Waals surface area contributed by atoms with Crippen molar-refractivity contribution >= 4 is 15.9 Å². The van der Waals surface area contributed by atoms with Crippen molar-refractivity contribution in [1.82, 2.24) is 9.62 Å². The highest BCUT2D eigenvalue weighted by atomic mass is 32.2. The van der Waals surface area contributed by atoms with E-state index < -0.39 is 10.0 Å². The summed E-state index contributed by atoms with van der Waals surface area (Å²) in [6.45, 7) is 0.948. The summed E-state index contributed by atoms with van der Waals surface area (Å²) in [5, 5.41) is 3.03. The van der Waals surface area contributed by atoms with Gasteiger partial charge in [-0.1, -0.05) is 67.1 Å². The van der Waals surface area contributed by atoms with Crippen molar-refractivity contribution in [3.05, 3.63) is 96.1 Å². The minimum Gasteiger partial charge on any atom is -0.484 e. The molecule has 1 fully saturated rings. The van der Waals surface area contributed by atoms with Gasteiger partial charge in [0.1, 0.15) is 5.75 Å². The van der Waals surface area contributed by atoms with Crippen LogP contribution in [0.15, 0.2) is 89.8 Å². The van der Waals surface area contributed by atoms with Crippen LogP contribution in [-0.4, -0.2) is 38.3 Å². The van der Waals surface area contributed by atoms with Gasteiger partial charge in [0.15, 0.2) is 6.61 Å². The average molecular weight is 465 g/mol. The van der Waals surface area contributed by atoms with Crippen LogP contribution in [0.1, 0.15) is 36.4 Å². The molecular formula is C26H28N2O4S. The Morgan fingerprint density at radius 1 is 0.818 bits per heavy atom. The summed E-state index contributed by atoms with van der Waals surface area (Å²) in [5.41, 5.74) is 1.95. The van der Waals surface area contributed by atoms with E-state index in [9.17, 15) is 13.2 Å². The van der Waals surface area contributed by atoms with Gasteiger partial charge in [0.2, 0.25) is 10.0 Å². The third kappa shape index (κ3) is 5.80. The second-order valence-corrected chi connectivity index (χ2v) is 9.98. The van der Waals surface area contributed by atoms with Crippen LogP contribution < -0.4 is 10.1 Å². The molecule has 1 N–H and O–H groups in total. The molecule has 0 spiro atoms. The third-order valence-corrected chi connectivity index (χ3v) is 7.63. The summed E-state index contributed by atoms with van der Waals surface area (Å²) in [6, 6.07) is 25.5. The van der Waals surface area contributed by atoms with Crippen molar-refractivity contribution in [2.45, 2.75) is 30.2 Å². The Labute approximate surface area is 195 Å². The Morgan fingerprint density at radius 2 is 1.36 bits per heavy atom. The minimum absolute atomic E-state index is 0.172. The maximum atomic E-state index is 12.8. The van der Waals surface area contributed by atoms with E-state index in [4.69, 9.17) is 4.74 Å². The van der Waals surface area contributed by atoms with Crippen molar-refractivity contribution in [2.75, 3.05) is 19.7 Å². The molecule has 4 rings (SSSR count). The van der Waals surface area contributed by atoms with Gasteiger partial charge in [-0.05, 0) is 48.2 Å². The summed E-state index contributed by atoms with van der Waals surface area (Å²) in [4.78, 5) is 12.9.